The van der Waals surface area contributed by atoms with Gasteiger partial charge < -0.3 is 10.5 Å². The van der Waals surface area contributed by atoms with Crippen LogP contribution in [0.4, 0.5) is 19.0 Å². The lowest BCUT2D eigenvalue weighted by molar-refractivity contribution is -0.141. The Morgan fingerprint density at radius 2 is 2.24 bits per heavy atom. The Bertz CT molecular complexity index is 486. The minimum atomic E-state index is -4.85. The summed E-state index contributed by atoms with van der Waals surface area (Å²) in [5.41, 5.74) is 2.89. The van der Waals surface area contributed by atoms with Crippen molar-refractivity contribution in [3.63, 3.8) is 0 Å². The highest BCUT2D eigenvalue weighted by molar-refractivity contribution is 5.83. The lowest BCUT2D eigenvalue weighted by Crippen LogP contribution is -2.20. The molecule has 92 valence electrons. The number of nitriles is 1. The Hall–Kier alpha value is -2.08. The number of halogens is 3. The number of alkyl halides is 3. The zero-order valence-corrected chi connectivity index (χ0v) is 8.58. The molecule has 0 atom stereocenters. The summed E-state index contributed by atoms with van der Waals surface area (Å²) in [6.07, 6.45) is -4.85. The molecule has 0 spiro atoms. The van der Waals surface area contributed by atoms with Crippen LogP contribution < -0.4 is 5.73 Å². The summed E-state index contributed by atoms with van der Waals surface area (Å²) in [5, 5.41) is 11.5. The average molecular weight is 248 g/mol. The van der Waals surface area contributed by atoms with Gasteiger partial charge in [0.05, 0.1) is 0 Å². The van der Waals surface area contributed by atoms with E-state index in [1.54, 1.807) is 0 Å². The van der Waals surface area contributed by atoms with Gasteiger partial charge in [0.15, 0.2) is 5.69 Å². The summed E-state index contributed by atoms with van der Waals surface area (Å²) >= 11 is 0. The number of nitrogens with zero attached hydrogens (tertiary/aromatic N) is 3. The van der Waals surface area contributed by atoms with Gasteiger partial charge in [0.25, 0.3) is 5.91 Å². The van der Waals surface area contributed by atoms with E-state index in [2.05, 4.69) is 9.84 Å². The van der Waals surface area contributed by atoms with Gasteiger partial charge in [-0.15, -0.1) is 0 Å². The fraction of sp³-hybridized carbons (Fsp3) is 0.375. The number of ether oxygens (including phenoxy) is 1. The first-order chi connectivity index (χ1) is 7.82. The van der Waals surface area contributed by atoms with Crippen LogP contribution in [0.2, 0.25) is 0 Å². The number of hydrogen-bond acceptors (Lipinski definition) is 5. The smallest absolute Gasteiger partial charge is 0.382 e. The number of anilines is 1. The number of nitrogen functional groups attached to an aromatic ring is 1. The quantitative estimate of drug-likeness (QED) is 0.828. The lowest BCUT2D eigenvalue weighted by Gasteiger charge is -2.01. The Kier molecular flexibility index (Phi) is 3.38. The molecule has 0 bridgehead atoms. The predicted molar refractivity (Wildman–Crippen MR) is 48.9 cm³/mol. The normalized spacial score (nSPS) is 11.2. The number of aromatic nitrogens is 2. The van der Waals surface area contributed by atoms with Crippen LogP contribution in [-0.4, -0.2) is 29.4 Å². The third-order valence-corrected chi connectivity index (χ3v) is 1.81. The first-order valence-electron chi connectivity index (χ1n) is 4.20. The first kappa shape index (κ1) is 13.0. The second-order valence-electron chi connectivity index (χ2n) is 2.96. The molecule has 17 heavy (non-hydrogen) atoms. The predicted octanol–water partition coefficient (Wildman–Crippen LogP) is 0.642. The van der Waals surface area contributed by atoms with Crippen LogP contribution in [0.5, 0.6) is 0 Å². The van der Waals surface area contributed by atoms with Gasteiger partial charge in [-0.1, -0.05) is 0 Å². The van der Waals surface area contributed by atoms with Crippen LogP contribution in [0.15, 0.2) is 0 Å². The molecule has 1 rings (SSSR count). The van der Waals surface area contributed by atoms with Crippen molar-refractivity contribution in [3.8, 4) is 6.07 Å². The highest BCUT2D eigenvalue weighted by Gasteiger charge is 2.39. The van der Waals surface area contributed by atoms with E-state index in [9.17, 15) is 18.0 Å². The average Bonchev–Trinajstić information content (AvgIpc) is 2.55. The topological polar surface area (TPSA) is 93.9 Å². The van der Waals surface area contributed by atoms with Gasteiger partial charge >= 0.3 is 6.18 Å². The number of hydrogen-bond donors (Lipinski definition) is 1. The molecule has 1 aromatic rings. The van der Waals surface area contributed by atoms with Crippen LogP contribution in [0.25, 0.3) is 0 Å². The highest BCUT2D eigenvalue weighted by atomic mass is 19.4. The molecule has 0 amide bonds. The maximum absolute atomic E-state index is 12.5. The number of nitrogens with two attached hydrogens (primary N) is 1. The van der Waals surface area contributed by atoms with Gasteiger partial charge in [-0.25, -0.2) is 0 Å². The molecule has 0 aliphatic rings. The fourth-order valence-corrected chi connectivity index (χ4v) is 1.11. The van der Waals surface area contributed by atoms with Crippen molar-refractivity contribution in [2.75, 3.05) is 19.5 Å². The SMILES string of the molecule is COCC(=O)n1nc(C(F)(F)F)c(C#N)c1N. The molecule has 2 N–H and O–H groups in total. The lowest BCUT2D eigenvalue weighted by atomic mass is 10.2. The fourth-order valence-electron chi connectivity index (χ4n) is 1.11. The van der Waals surface area contributed by atoms with E-state index >= 15 is 0 Å². The molecule has 0 unspecified atom stereocenters. The van der Waals surface area contributed by atoms with Crippen molar-refractivity contribution in [2.24, 2.45) is 0 Å². The third-order valence-electron chi connectivity index (χ3n) is 1.81. The van der Waals surface area contributed by atoms with Crippen LogP contribution in [0.3, 0.4) is 0 Å². The zero-order valence-electron chi connectivity index (χ0n) is 8.58. The van der Waals surface area contributed by atoms with E-state index in [1.807, 2.05) is 0 Å². The Morgan fingerprint density at radius 1 is 1.65 bits per heavy atom. The summed E-state index contributed by atoms with van der Waals surface area (Å²) in [5.74, 6) is -1.54. The van der Waals surface area contributed by atoms with Gasteiger partial charge in [0.2, 0.25) is 0 Å². The van der Waals surface area contributed by atoms with Crippen molar-refractivity contribution >= 4 is 11.7 Å². The van der Waals surface area contributed by atoms with Crippen LogP contribution in [0.1, 0.15) is 16.1 Å². The minimum absolute atomic E-state index is 0.310. The maximum atomic E-state index is 12.5. The number of rotatable bonds is 2. The monoisotopic (exact) mass is 248 g/mol. The molecule has 1 heterocycles. The van der Waals surface area contributed by atoms with Crippen LogP contribution >= 0.6 is 0 Å². The number of carbonyl (C=O) groups excluding carboxylic acids is 1. The molecule has 6 nitrogen and oxygen atoms in total. The van der Waals surface area contributed by atoms with E-state index in [0.29, 0.717) is 4.68 Å². The van der Waals surface area contributed by atoms with E-state index in [4.69, 9.17) is 11.0 Å². The molecule has 0 radical (unpaired) electrons. The summed E-state index contributed by atoms with van der Waals surface area (Å²) < 4.78 is 42.1. The number of methoxy groups -OCH3 is 1. The molecule has 0 saturated carbocycles. The van der Waals surface area contributed by atoms with Crippen molar-refractivity contribution in [3.05, 3.63) is 11.3 Å². The summed E-state index contributed by atoms with van der Waals surface area (Å²) in [7, 11) is 1.19. The van der Waals surface area contributed by atoms with Gasteiger partial charge in [-0.2, -0.15) is 28.2 Å². The second-order valence-corrected chi connectivity index (χ2v) is 2.96. The second kappa shape index (κ2) is 4.42. The van der Waals surface area contributed by atoms with Crippen molar-refractivity contribution in [1.82, 2.24) is 9.78 Å². The first-order valence-corrected chi connectivity index (χ1v) is 4.20. The molecular weight excluding hydrogens is 241 g/mol. The van der Waals surface area contributed by atoms with Crippen LogP contribution in [0, 0.1) is 11.3 Å². The summed E-state index contributed by atoms with van der Waals surface area (Å²) in [4.78, 5) is 11.3. The standard InChI is InChI=1S/C8H7F3N4O2/c1-17-3-5(16)15-7(13)4(2-12)6(14-15)8(9,10)11/h3,13H2,1H3. The van der Waals surface area contributed by atoms with Crippen LogP contribution in [-0.2, 0) is 10.9 Å². The molecule has 0 aromatic carbocycles. The van der Waals surface area contributed by atoms with Gasteiger partial charge in [-0.3, -0.25) is 4.79 Å². The Morgan fingerprint density at radius 3 is 2.59 bits per heavy atom. The molecule has 9 heteroatoms. The molecular formula is C8H7F3N4O2. The summed E-state index contributed by atoms with van der Waals surface area (Å²) in [6.45, 7) is -0.492. The van der Waals surface area contributed by atoms with Gasteiger partial charge in [0.1, 0.15) is 24.1 Å². The van der Waals surface area contributed by atoms with Gasteiger partial charge in [-0.05, 0) is 0 Å². The van der Waals surface area contributed by atoms with Crippen molar-refractivity contribution < 1.29 is 22.7 Å². The molecule has 0 aliphatic carbocycles. The Labute approximate surface area is 93.4 Å². The summed E-state index contributed by atoms with van der Waals surface area (Å²) in [6, 6.07) is 1.27. The van der Waals surface area contributed by atoms with Crippen molar-refractivity contribution in [1.29, 1.82) is 5.26 Å². The van der Waals surface area contributed by atoms with E-state index in [0.717, 1.165) is 0 Å². The largest absolute Gasteiger partial charge is 0.436 e. The molecule has 1 aromatic heterocycles. The minimum Gasteiger partial charge on any atom is -0.382 e. The molecule has 0 aliphatic heterocycles. The third kappa shape index (κ3) is 2.36. The zero-order chi connectivity index (χ0) is 13.2. The highest BCUT2D eigenvalue weighted by Crippen LogP contribution is 2.32. The molecule has 0 fully saturated rings. The maximum Gasteiger partial charge on any atom is 0.436 e. The van der Waals surface area contributed by atoms with E-state index in [1.165, 1.54) is 13.2 Å². The Balaban J connectivity index is 3.34. The van der Waals surface area contributed by atoms with Gasteiger partial charge in [0, 0.05) is 7.11 Å². The van der Waals surface area contributed by atoms with Crippen molar-refractivity contribution in [2.45, 2.75) is 6.18 Å². The van der Waals surface area contributed by atoms with E-state index < -0.39 is 35.8 Å². The molecule has 0 saturated heterocycles. The van der Waals surface area contributed by atoms with E-state index in [-0.39, 0.29) is 0 Å². The number of carbonyl (C=O) groups is 1.